The van der Waals surface area contributed by atoms with Gasteiger partial charge in [0.2, 0.25) is 5.91 Å². The second-order valence-corrected chi connectivity index (χ2v) is 5.95. The van der Waals surface area contributed by atoms with Crippen molar-refractivity contribution in [1.82, 2.24) is 10.2 Å². The number of nitrogens with one attached hydrogen (secondary N) is 1. The first-order chi connectivity index (χ1) is 7.37. The van der Waals surface area contributed by atoms with Crippen LogP contribution in [0.2, 0.25) is 0 Å². The molecular weight excluding hydrogens is 202 g/mol. The van der Waals surface area contributed by atoms with E-state index in [-0.39, 0.29) is 11.3 Å². The fourth-order valence-electron chi connectivity index (χ4n) is 1.73. The highest BCUT2D eigenvalue weighted by molar-refractivity contribution is 5.78. The Labute approximate surface area is 98.6 Å². The van der Waals surface area contributed by atoms with E-state index >= 15 is 0 Å². The average molecular weight is 227 g/mol. The predicted octanol–water partition coefficient (Wildman–Crippen LogP) is 0.572. The van der Waals surface area contributed by atoms with Crippen molar-refractivity contribution < 1.29 is 4.79 Å². The SMILES string of the molecule is CC(C)(C)CNC(=O)CN1CCC(N)CC1. The normalized spacial score (nSPS) is 19.8. The number of likely N-dealkylation sites (tertiary alicyclic amines) is 1. The van der Waals surface area contributed by atoms with Crippen molar-refractivity contribution in [1.29, 1.82) is 0 Å². The summed E-state index contributed by atoms with van der Waals surface area (Å²) in [5.74, 6) is 0.130. The van der Waals surface area contributed by atoms with Crippen LogP contribution in [-0.2, 0) is 4.79 Å². The summed E-state index contributed by atoms with van der Waals surface area (Å²) in [7, 11) is 0. The molecule has 94 valence electrons. The van der Waals surface area contributed by atoms with E-state index in [2.05, 4.69) is 31.0 Å². The Morgan fingerprint density at radius 1 is 1.38 bits per heavy atom. The van der Waals surface area contributed by atoms with Crippen molar-refractivity contribution in [2.24, 2.45) is 11.1 Å². The molecule has 1 fully saturated rings. The van der Waals surface area contributed by atoms with Crippen LogP contribution < -0.4 is 11.1 Å². The molecule has 0 spiro atoms. The van der Waals surface area contributed by atoms with Gasteiger partial charge in [0, 0.05) is 25.7 Å². The van der Waals surface area contributed by atoms with Crippen molar-refractivity contribution >= 4 is 5.91 Å². The van der Waals surface area contributed by atoms with E-state index in [1.54, 1.807) is 0 Å². The van der Waals surface area contributed by atoms with Gasteiger partial charge < -0.3 is 11.1 Å². The van der Waals surface area contributed by atoms with Crippen molar-refractivity contribution in [3.8, 4) is 0 Å². The number of hydrogen-bond donors (Lipinski definition) is 2. The first-order valence-electron chi connectivity index (χ1n) is 6.11. The van der Waals surface area contributed by atoms with E-state index in [0.29, 0.717) is 12.6 Å². The Balaban J connectivity index is 2.19. The third-order valence-corrected chi connectivity index (χ3v) is 2.82. The first kappa shape index (κ1) is 13.5. The zero-order valence-corrected chi connectivity index (χ0v) is 10.8. The highest BCUT2D eigenvalue weighted by atomic mass is 16.2. The van der Waals surface area contributed by atoms with Gasteiger partial charge in [-0.2, -0.15) is 0 Å². The summed E-state index contributed by atoms with van der Waals surface area (Å²) in [6, 6.07) is 0.328. The maximum atomic E-state index is 11.7. The van der Waals surface area contributed by atoms with Gasteiger partial charge in [-0.25, -0.2) is 0 Å². The molecule has 1 saturated heterocycles. The fourth-order valence-corrected chi connectivity index (χ4v) is 1.73. The van der Waals surface area contributed by atoms with Crippen LogP contribution in [-0.4, -0.2) is 43.0 Å². The third-order valence-electron chi connectivity index (χ3n) is 2.82. The van der Waals surface area contributed by atoms with Crippen LogP contribution >= 0.6 is 0 Å². The molecule has 1 rings (SSSR count). The van der Waals surface area contributed by atoms with Crippen LogP contribution in [0.4, 0.5) is 0 Å². The van der Waals surface area contributed by atoms with Crippen LogP contribution in [0.1, 0.15) is 33.6 Å². The molecule has 0 bridgehead atoms. The topological polar surface area (TPSA) is 58.4 Å². The van der Waals surface area contributed by atoms with Crippen molar-refractivity contribution in [2.45, 2.75) is 39.7 Å². The molecule has 1 aliphatic heterocycles. The standard InChI is InChI=1S/C12H25N3O/c1-12(2,3)9-14-11(16)8-15-6-4-10(13)5-7-15/h10H,4-9,13H2,1-3H3,(H,14,16). The minimum Gasteiger partial charge on any atom is -0.354 e. The zero-order valence-electron chi connectivity index (χ0n) is 10.8. The van der Waals surface area contributed by atoms with Crippen molar-refractivity contribution in [3.05, 3.63) is 0 Å². The predicted molar refractivity (Wildman–Crippen MR) is 66.1 cm³/mol. The summed E-state index contributed by atoms with van der Waals surface area (Å²) < 4.78 is 0. The van der Waals surface area contributed by atoms with Crippen molar-refractivity contribution in [2.75, 3.05) is 26.2 Å². The molecule has 0 aliphatic carbocycles. The zero-order chi connectivity index (χ0) is 12.2. The van der Waals surface area contributed by atoms with Crippen LogP contribution in [0.25, 0.3) is 0 Å². The molecule has 0 aromatic heterocycles. The lowest BCUT2D eigenvalue weighted by atomic mass is 9.97. The number of hydrogen-bond acceptors (Lipinski definition) is 3. The summed E-state index contributed by atoms with van der Waals surface area (Å²) in [6.07, 6.45) is 2.01. The fraction of sp³-hybridized carbons (Fsp3) is 0.917. The lowest BCUT2D eigenvalue weighted by molar-refractivity contribution is -0.122. The summed E-state index contributed by atoms with van der Waals surface area (Å²) in [4.78, 5) is 13.8. The second kappa shape index (κ2) is 5.64. The number of piperidine rings is 1. The smallest absolute Gasteiger partial charge is 0.234 e. The van der Waals surface area contributed by atoms with E-state index in [4.69, 9.17) is 5.73 Å². The summed E-state index contributed by atoms with van der Waals surface area (Å²) in [6.45, 7) is 9.50. The Morgan fingerprint density at radius 3 is 2.44 bits per heavy atom. The van der Waals surface area contributed by atoms with E-state index in [9.17, 15) is 4.79 Å². The van der Waals surface area contributed by atoms with Crippen molar-refractivity contribution in [3.63, 3.8) is 0 Å². The van der Waals surface area contributed by atoms with Crippen LogP contribution in [0.5, 0.6) is 0 Å². The van der Waals surface area contributed by atoms with Crippen LogP contribution in [0, 0.1) is 5.41 Å². The number of carbonyl (C=O) groups excluding carboxylic acids is 1. The van der Waals surface area contributed by atoms with Crippen LogP contribution in [0.15, 0.2) is 0 Å². The first-order valence-corrected chi connectivity index (χ1v) is 6.11. The summed E-state index contributed by atoms with van der Waals surface area (Å²) >= 11 is 0. The summed E-state index contributed by atoms with van der Waals surface area (Å²) in [5, 5.41) is 2.97. The Bertz CT molecular complexity index is 227. The molecule has 0 aromatic carbocycles. The van der Waals surface area contributed by atoms with Gasteiger partial charge in [-0.05, 0) is 18.3 Å². The molecule has 1 heterocycles. The molecule has 1 aliphatic rings. The van der Waals surface area contributed by atoms with Gasteiger partial charge in [0.1, 0.15) is 0 Å². The molecule has 4 nitrogen and oxygen atoms in total. The Hall–Kier alpha value is -0.610. The lowest BCUT2D eigenvalue weighted by Gasteiger charge is -2.29. The van der Waals surface area contributed by atoms with Gasteiger partial charge in [-0.3, -0.25) is 9.69 Å². The van der Waals surface area contributed by atoms with Crippen LogP contribution in [0.3, 0.4) is 0 Å². The van der Waals surface area contributed by atoms with E-state index in [1.165, 1.54) is 0 Å². The molecule has 16 heavy (non-hydrogen) atoms. The number of amides is 1. The molecule has 0 radical (unpaired) electrons. The minimum atomic E-state index is 0.130. The third kappa shape index (κ3) is 5.47. The number of nitrogens with two attached hydrogens (primary N) is 1. The van der Waals surface area contributed by atoms with Gasteiger partial charge in [-0.15, -0.1) is 0 Å². The molecule has 1 amide bonds. The average Bonchev–Trinajstić information content (AvgIpc) is 2.18. The summed E-state index contributed by atoms with van der Waals surface area (Å²) in [5.41, 5.74) is 5.97. The maximum absolute atomic E-state index is 11.7. The molecule has 3 N–H and O–H groups in total. The highest BCUT2D eigenvalue weighted by Gasteiger charge is 2.19. The van der Waals surface area contributed by atoms with E-state index < -0.39 is 0 Å². The number of carbonyl (C=O) groups is 1. The van der Waals surface area contributed by atoms with Gasteiger partial charge in [-0.1, -0.05) is 20.8 Å². The quantitative estimate of drug-likeness (QED) is 0.741. The second-order valence-electron chi connectivity index (χ2n) is 5.95. The molecular formula is C12H25N3O. The van der Waals surface area contributed by atoms with E-state index in [1.807, 2.05) is 0 Å². The number of nitrogens with zero attached hydrogens (tertiary/aromatic N) is 1. The Kier molecular flexibility index (Phi) is 4.74. The van der Waals surface area contributed by atoms with Gasteiger partial charge in [0.25, 0.3) is 0 Å². The Morgan fingerprint density at radius 2 is 1.94 bits per heavy atom. The largest absolute Gasteiger partial charge is 0.354 e. The number of rotatable bonds is 3. The van der Waals surface area contributed by atoms with Gasteiger partial charge in [0.15, 0.2) is 0 Å². The molecule has 0 unspecified atom stereocenters. The van der Waals surface area contributed by atoms with Gasteiger partial charge >= 0.3 is 0 Å². The monoisotopic (exact) mass is 227 g/mol. The van der Waals surface area contributed by atoms with Gasteiger partial charge in [0.05, 0.1) is 6.54 Å². The maximum Gasteiger partial charge on any atom is 0.234 e. The molecule has 4 heteroatoms. The van der Waals surface area contributed by atoms with E-state index in [0.717, 1.165) is 32.5 Å². The molecule has 0 saturated carbocycles. The lowest BCUT2D eigenvalue weighted by Crippen LogP contribution is -2.45. The minimum absolute atomic E-state index is 0.130. The highest BCUT2D eigenvalue weighted by Crippen LogP contribution is 2.10. The molecule has 0 aromatic rings. The molecule has 0 atom stereocenters.